The molecule has 7 nitrogen and oxygen atoms in total. The Hall–Kier alpha value is -3.23. The topological polar surface area (TPSA) is 71.4 Å². The molecule has 1 fully saturated rings. The van der Waals surface area contributed by atoms with Crippen LogP contribution in [0, 0.1) is 20.8 Å². The molecule has 4 rings (SSSR count). The van der Waals surface area contributed by atoms with E-state index >= 15 is 0 Å². The van der Waals surface area contributed by atoms with Gasteiger partial charge < -0.3 is 24.8 Å². The molecule has 0 spiro atoms. The van der Waals surface area contributed by atoms with Gasteiger partial charge in [0.15, 0.2) is 5.11 Å². The first-order chi connectivity index (χ1) is 16.8. The molecule has 3 heterocycles. The van der Waals surface area contributed by atoms with Gasteiger partial charge in [0.1, 0.15) is 0 Å². The maximum Gasteiger partial charge on any atom is 0.224 e. The van der Waals surface area contributed by atoms with Crippen molar-refractivity contribution in [1.82, 2.24) is 14.9 Å². The molecule has 1 saturated heterocycles. The monoisotopic (exact) mass is 491 g/mol. The number of rotatable bonds is 8. The van der Waals surface area contributed by atoms with E-state index in [1.807, 2.05) is 50.4 Å². The van der Waals surface area contributed by atoms with Crippen molar-refractivity contribution in [1.29, 1.82) is 0 Å². The molecular weight excluding hydrogens is 458 g/mol. The highest BCUT2D eigenvalue weighted by atomic mass is 32.1. The predicted octanol–water partition coefficient (Wildman–Crippen LogP) is 4.98. The number of hydrogen-bond donors (Lipinski definition) is 2. The lowest BCUT2D eigenvalue weighted by molar-refractivity contribution is -0.115. The molecule has 2 aromatic heterocycles. The maximum absolute atomic E-state index is 11.9. The van der Waals surface area contributed by atoms with Gasteiger partial charge >= 0.3 is 0 Å². The highest BCUT2D eigenvalue weighted by Gasteiger charge is 2.42. The average Bonchev–Trinajstić information content (AvgIpc) is 3.34. The van der Waals surface area contributed by atoms with Crippen molar-refractivity contribution < 1.29 is 9.53 Å². The molecule has 2 N–H and O–H groups in total. The minimum absolute atomic E-state index is 0.00389. The first-order valence-corrected chi connectivity index (χ1v) is 12.3. The number of nitrogens with one attached hydrogen (secondary N) is 2. The minimum atomic E-state index is -0.111. The fraction of sp³-hybridized carbons (Fsp3) is 0.370. The van der Waals surface area contributed by atoms with Crippen molar-refractivity contribution in [3.05, 3.63) is 76.9 Å². The molecule has 0 saturated carbocycles. The summed E-state index contributed by atoms with van der Waals surface area (Å²) >= 11 is 5.88. The Bertz CT molecular complexity index is 1220. The number of amides is 1. The van der Waals surface area contributed by atoms with E-state index in [1.54, 1.807) is 7.11 Å². The maximum atomic E-state index is 11.9. The summed E-state index contributed by atoms with van der Waals surface area (Å²) in [6.07, 6.45) is 2.25. The molecule has 0 bridgehead atoms. The fourth-order valence-corrected chi connectivity index (χ4v) is 5.13. The quantitative estimate of drug-likeness (QED) is 0.433. The number of aryl methyl sites for hydroxylation is 2. The van der Waals surface area contributed by atoms with Gasteiger partial charge in [-0.15, -0.1) is 0 Å². The van der Waals surface area contributed by atoms with E-state index in [0.29, 0.717) is 18.1 Å². The lowest BCUT2D eigenvalue weighted by Crippen LogP contribution is -2.29. The number of hydrogen-bond acceptors (Lipinski definition) is 4. The number of carbonyl (C=O) groups is 1. The second kappa shape index (κ2) is 10.6. The van der Waals surface area contributed by atoms with Crippen LogP contribution >= 0.6 is 12.2 Å². The number of anilines is 2. The Labute approximate surface area is 212 Å². The average molecular weight is 492 g/mol. The van der Waals surface area contributed by atoms with Crippen LogP contribution in [-0.4, -0.2) is 34.3 Å². The first-order valence-electron chi connectivity index (χ1n) is 11.9. The van der Waals surface area contributed by atoms with Crippen LogP contribution in [-0.2, 0) is 16.1 Å². The van der Waals surface area contributed by atoms with Crippen molar-refractivity contribution in [3.8, 4) is 0 Å². The van der Waals surface area contributed by atoms with Gasteiger partial charge in [0.2, 0.25) is 5.91 Å². The number of nitrogens with zero attached hydrogens (tertiary/aromatic N) is 3. The van der Waals surface area contributed by atoms with Crippen molar-refractivity contribution in [2.24, 2.45) is 0 Å². The van der Waals surface area contributed by atoms with Gasteiger partial charge in [-0.25, -0.2) is 0 Å². The summed E-state index contributed by atoms with van der Waals surface area (Å²) in [6.45, 7) is 9.57. The molecule has 0 aliphatic carbocycles. The molecule has 184 valence electrons. The van der Waals surface area contributed by atoms with Crippen LogP contribution in [0.15, 0.2) is 48.7 Å². The molecule has 3 aromatic rings. The SMILES string of the molecule is CCC(=O)Nc1ccc(N2C(=S)NC(c3ccccn3)C2c2cc(C)n(CCOC)c2C)cc1C. The molecule has 0 radical (unpaired) electrons. The molecule has 2 unspecified atom stereocenters. The van der Waals surface area contributed by atoms with Gasteiger partial charge in [-0.3, -0.25) is 9.78 Å². The van der Waals surface area contributed by atoms with Crippen molar-refractivity contribution in [2.45, 2.75) is 52.7 Å². The Morgan fingerprint density at radius 2 is 2.00 bits per heavy atom. The van der Waals surface area contributed by atoms with E-state index in [-0.39, 0.29) is 18.0 Å². The lowest BCUT2D eigenvalue weighted by atomic mass is 9.96. The van der Waals surface area contributed by atoms with Crippen LogP contribution in [0.4, 0.5) is 11.4 Å². The van der Waals surface area contributed by atoms with Crippen LogP contribution in [0.5, 0.6) is 0 Å². The summed E-state index contributed by atoms with van der Waals surface area (Å²) < 4.78 is 7.64. The minimum Gasteiger partial charge on any atom is -0.383 e. The van der Waals surface area contributed by atoms with E-state index in [1.165, 1.54) is 17.0 Å². The Morgan fingerprint density at radius 1 is 1.20 bits per heavy atom. The molecule has 1 amide bonds. The molecule has 35 heavy (non-hydrogen) atoms. The molecule has 1 aromatic carbocycles. The van der Waals surface area contributed by atoms with E-state index in [9.17, 15) is 4.79 Å². The van der Waals surface area contributed by atoms with Gasteiger partial charge in [-0.05, 0) is 80.5 Å². The first kappa shape index (κ1) is 24.9. The van der Waals surface area contributed by atoms with Crippen LogP contribution in [0.25, 0.3) is 0 Å². The Balaban J connectivity index is 1.80. The Kier molecular flexibility index (Phi) is 7.52. The van der Waals surface area contributed by atoms with E-state index in [4.69, 9.17) is 17.0 Å². The largest absolute Gasteiger partial charge is 0.383 e. The van der Waals surface area contributed by atoms with Gasteiger partial charge in [0.05, 0.1) is 24.4 Å². The summed E-state index contributed by atoms with van der Waals surface area (Å²) in [4.78, 5) is 18.8. The summed E-state index contributed by atoms with van der Waals surface area (Å²) in [5, 5.41) is 7.16. The summed E-state index contributed by atoms with van der Waals surface area (Å²) in [7, 11) is 1.72. The summed E-state index contributed by atoms with van der Waals surface area (Å²) in [6, 6.07) is 14.1. The molecular formula is C27H33N5O2S. The highest BCUT2D eigenvalue weighted by molar-refractivity contribution is 7.80. The van der Waals surface area contributed by atoms with Gasteiger partial charge in [0, 0.05) is 49.0 Å². The zero-order chi connectivity index (χ0) is 25.1. The third-order valence-electron chi connectivity index (χ3n) is 6.63. The van der Waals surface area contributed by atoms with Gasteiger partial charge in [0.25, 0.3) is 0 Å². The third-order valence-corrected chi connectivity index (χ3v) is 6.95. The Morgan fingerprint density at radius 3 is 2.66 bits per heavy atom. The lowest BCUT2D eigenvalue weighted by Gasteiger charge is -2.29. The van der Waals surface area contributed by atoms with Crippen LogP contribution < -0.4 is 15.5 Å². The summed E-state index contributed by atoms with van der Waals surface area (Å²) in [5.41, 5.74) is 7.27. The molecule has 2 atom stereocenters. The zero-order valence-corrected chi connectivity index (χ0v) is 21.8. The standard InChI is InChI=1S/C27H33N5O2S/c1-6-24(33)29-22-11-10-20(15-17(22)2)32-26(21-16-18(3)31(19(21)4)13-14-34-5)25(30-27(32)35)23-9-7-8-12-28-23/h7-12,15-16,25-26H,6,13-14H2,1-5H3,(H,29,33)(H,30,35). The third kappa shape index (κ3) is 4.94. The number of carbonyl (C=O) groups excluding carboxylic acids is 1. The number of pyridine rings is 1. The number of aromatic nitrogens is 2. The second-order valence-electron chi connectivity index (χ2n) is 8.87. The van der Waals surface area contributed by atoms with Gasteiger partial charge in [-0.1, -0.05) is 13.0 Å². The van der Waals surface area contributed by atoms with E-state index in [2.05, 4.69) is 51.1 Å². The summed E-state index contributed by atoms with van der Waals surface area (Å²) in [5.74, 6) is -0.00389. The van der Waals surface area contributed by atoms with Crippen LogP contribution in [0.3, 0.4) is 0 Å². The number of methoxy groups -OCH3 is 1. The highest BCUT2D eigenvalue weighted by Crippen LogP contribution is 2.43. The van der Waals surface area contributed by atoms with Crippen molar-refractivity contribution >= 4 is 34.6 Å². The van der Waals surface area contributed by atoms with Crippen molar-refractivity contribution in [2.75, 3.05) is 23.9 Å². The number of thiocarbonyl (C=S) groups is 1. The van der Waals surface area contributed by atoms with Crippen LogP contribution in [0.2, 0.25) is 0 Å². The number of benzene rings is 1. The molecule has 1 aliphatic heterocycles. The smallest absolute Gasteiger partial charge is 0.224 e. The van der Waals surface area contributed by atoms with E-state index in [0.717, 1.165) is 29.2 Å². The van der Waals surface area contributed by atoms with Gasteiger partial charge in [-0.2, -0.15) is 0 Å². The normalized spacial score (nSPS) is 17.5. The van der Waals surface area contributed by atoms with Crippen LogP contribution in [0.1, 0.15) is 53.6 Å². The molecule has 8 heteroatoms. The fourth-order valence-electron chi connectivity index (χ4n) is 4.78. The zero-order valence-electron chi connectivity index (χ0n) is 21.0. The second-order valence-corrected chi connectivity index (χ2v) is 9.26. The van der Waals surface area contributed by atoms with Crippen molar-refractivity contribution in [3.63, 3.8) is 0 Å². The van der Waals surface area contributed by atoms with E-state index < -0.39 is 0 Å². The number of ether oxygens (including phenoxy) is 1. The predicted molar refractivity (Wildman–Crippen MR) is 144 cm³/mol. The molecule has 1 aliphatic rings.